The summed E-state index contributed by atoms with van der Waals surface area (Å²) in [6.45, 7) is 1.99. The second-order valence-electron chi connectivity index (χ2n) is 5.72. The van der Waals surface area contributed by atoms with Crippen molar-refractivity contribution < 1.29 is 0 Å². The van der Waals surface area contributed by atoms with E-state index in [1.807, 2.05) is 55.5 Å². The van der Waals surface area contributed by atoms with Crippen molar-refractivity contribution in [2.45, 2.75) is 6.92 Å². The van der Waals surface area contributed by atoms with Crippen molar-refractivity contribution in [1.29, 1.82) is 0 Å². The highest BCUT2D eigenvalue weighted by Gasteiger charge is 2.18. The summed E-state index contributed by atoms with van der Waals surface area (Å²) < 4.78 is 1.79. The van der Waals surface area contributed by atoms with Crippen molar-refractivity contribution in [1.82, 2.24) is 19.6 Å². The van der Waals surface area contributed by atoms with Crippen LogP contribution in [0.4, 0.5) is 0 Å². The predicted molar refractivity (Wildman–Crippen MR) is 102 cm³/mol. The third-order valence-electron chi connectivity index (χ3n) is 4.04. The summed E-state index contributed by atoms with van der Waals surface area (Å²) in [5, 5.41) is 4.64. The van der Waals surface area contributed by atoms with E-state index in [0.717, 1.165) is 22.4 Å². The van der Waals surface area contributed by atoms with E-state index in [1.165, 1.54) is 0 Å². The minimum atomic E-state index is 0.288. The van der Waals surface area contributed by atoms with Crippen LogP contribution >= 0.6 is 12.2 Å². The number of hydrogen-bond donors (Lipinski definition) is 1. The van der Waals surface area contributed by atoms with E-state index in [-0.39, 0.29) is 4.99 Å². The van der Waals surface area contributed by atoms with Gasteiger partial charge in [0.05, 0.1) is 5.56 Å². The Kier molecular flexibility index (Phi) is 3.74. The molecule has 2 N–H and O–H groups in total. The number of rotatable bonds is 3. The van der Waals surface area contributed by atoms with Crippen LogP contribution in [0.3, 0.4) is 0 Å². The van der Waals surface area contributed by atoms with E-state index in [4.69, 9.17) is 22.9 Å². The average Bonchev–Trinajstić information content (AvgIpc) is 3.08. The van der Waals surface area contributed by atoms with Gasteiger partial charge in [0, 0.05) is 29.2 Å². The Morgan fingerprint density at radius 1 is 1.08 bits per heavy atom. The number of thiocarbonyl (C=S) groups is 1. The number of benzene rings is 1. The zero-order valence-corrected chi connectivity index (χ0v) is 14.4. The molecule has 0 bridgehead atoms. The molecular weight excluding hydrogens is 330 g/mol. The van der Waals surface area contributed by atoms with Crippen LogP contribution in [0.25, 0.3) is 28.2 Å². The lowest BCUT2D eigenvalue weighted by Crippen LogP contribution is -2.14. The Morgan fingerprint density at radius 2 is 1.84 bits per heavy atom. The summed E-state index contributed by atoms with van der Waals surface area (Å²) in [6, 6.07) is 15.7. The smallest absolute Gasteiger partial charge is 0.182 e. The van der Waals surface area contributed by atoms with Gasteiger partial charge in [-0.3, -0.25) is 4.98 Å². The molecule has 1 aromatic carbocycles. The standard InChI is InChI=1S/C19H15N5S/c1-12-10-15(14-8-5-9-21-11-14)16(17(20)25)19-22-18(23-24(12)19)13-6-3-2-4-7-13/h2-11H,1H3,(H2,20,25). The molecule has 0 saturated carbocycles. The maximum absolute atomic E-state index is 6.05. The molecule has 5 nitrogen and oxygen atoms in total. The van der Waals surface area contributed by atoms with Crippen LogP contribution in [-0.2, 0) is 0 Å². The Morgan fingerprint density at radius 3 is 2.52 bits per heavy atom. The lowest BCUT2D eigenvalue weighted by molar-refractivity contribution is 0.918. The Labute approximate surface area is 150 Å². The van der Waals surface area contributed by atoms with Gasteiger partial charge in [0.15, 0.2) is 11.5 Å². The number of aromatic nitrogens is 4. The fourth-order valence-corrected chi connectivity index (χ4v) is 3.09. The third-order valence-corrected chi connectivity index (χ3v) is 4.24. The molecule has 0 radical (unpaired) electrons. The van der Waals surface area contributed by atoms with Crippen LogP contribution in [-0.4, -0.2) is 24.6 Å². The maximum atomic E-state index is 6.05. The van der Waals surface area contributed by atoms with Gasteiger partial charge in [-0.1, -0.05) is 48.6 Å². The number of pyridine rings is 2. The van der Waals surface area contributed by atoms with E-state index >= 15 is 0 Å². The van der Waals surface area contributed by atoms with Crippen LogP contribution < -0.4 is 5.73 Å². The van der Waals surface area contributed by atoms with Gasteiger partial charge in [-0.25, -0.2) is 9.50 Å². The minimum Gasteiger partial charge on any atom is -0.389 e. The zero-order valence-electron chi connectivity index (χ0n) is 13.5. The van der Waals surface area contributed by atoms with E-state index in [0.29, 0.717) is 17.0 Å². The maximum Gasteiger partial charge on any atom is 0.182 e. The summed E-state index contributed by atoms with van der Waals surface area (Å²) >= 11 is 5.32. The minimum absolute atomic E-state index is 0.288. The summed E-state index contributed by atoms with van der Waals surface area (Å²) in [5.74, 6) is 0.643. The molecule has 0 amide bonds. The number of aryl methyl sites for hydroxylation is 1. The molecule has 0 aliphatic rings. The predicted octanol–water partition coefficient (Wildman–Crippen LogP) is 3.40. The van der Waals surface area contributed by atoms with Gasteiger partial charge in [0.1, 0.15) is 4.99 Å². The highest BCUT2D eigenvalue weighted by Crippen LogP contribution is 2.29. The normalized spacial score (nSPS) is 10.9. The van der Waals surface area contributed by atoms with Gasteiger partial charge >= 0.3 is 0 Å². The Bertz CT molecular complexity index is 1070. The summed E-state index contributed by atoms with van der Waals surface area (Å²) in [6.07, 6.45) is 3.53. The van der Waals surface area contributed by atoms with Crippen molar-refractivity contribution in [3.05, 3.63) is 72.2 Å². The molecule has 0 fully saturated rings. The van der Waals surface area contributed by atoms with Gasteiger partial charge in [-0.2, -0.15) is 0 Å². The fourth-order valence-electron chi connectivity index (χ4n) is 2.88. The van der Waals surface area contributed by atoms with Gasteiger partial charge < -0.3 is 5.73 Å². The van der Waals surface area contributed by atoms with Crippen LogP contribution in [0.5, 0.6) is 0 Å². The van der Waals surface area contributed by atoms with E-state index < -0.39 is 0 Å². The number of nitrogens with zero attached hydrogens (tertiary/aromatic N) is 4. The Balaban J connectivity index is 2.03. The lowest BCUT2D eigenvalue weighted by atomic mass is 10.0. The number of nitrogens with two attached hydrogens (primary N) is 1. The highest BCUT2D eigenvalue weighted by atomic mass is 32.1. The van der Waals surface area contributed by atoms with Crippen molar-refractivity contribution in [3.8, 4) is 22.5 Å². The van der Waals surface area contributed by atoms with Gasteiger partial charge in [-0.15, -0.1) is 5.10 Å². The van der Waals surface area contributed by atoms with Gasteiger partial charge in [-0.05, 0) is 24.6 Å². The molecule has 0 atom stereocenters. The number of hydrogen-bond acceptors (Lipinski definition) is 4. The monoisotopic (exact) mass is 345 g/mol. The molecule has 25 heavy (non-hydrogen) atoms. The zero-order chi connectivity index (χ0) is 17.4. The third kappa shape index (κ3) is 2.66. The number of fused-ring (bicyclic) bond motifs is 1. The largest absolute Gasteiger partial charge is 0.389 e. The molecule has 0 unspecified atom stereocenters. The molecule has 4 aromatic rings. The van der Waals surface area contributed by atoms with Crippen LogP contribution in [0.15, 0.2) is 60.9 Å². The molecule has 122 valence electrons. The molecule has 0 aliphatic carbocycles. The SMILES string of the molecule is Cc1cc(-c2cccnc2)c(C(N)=S)c2nc(-c3ccccc3)nn12. The average molecular weight is 345 g/mol. The summed E-state index contributed by atoms with van der Waals surface area (Å²) in [4.78, 5) is 9.20. The first-order chi connectivity index (χ1) is 12.1. The molecule has 3 aromatic heterocycles. The van der Waals surface area contributed by atoms with E-state index in [1.54, 1.807) is 16.9 Å². The molecule has 6 heteroatoms. The first-order valence-corrected chi connectivity index (χ1v) is 8.22. The molecule has 0 spiro atoms. The van der Waals surface area contributed by atoms with E-state index in [2.05, 4.69) is 10.1 Å². The van der Waals surface area contributed by atoms with Crippen molar-refractivity contribution in [3.63, 3.8) is 0 Å². The van der Waals surface area contributed by atoms with Gasteiger partial charge in [0.2, 0.25) is 0 Å². The second kappa shape index (κ2) is 6.07. The van der Waals surface area contributed by atoms with Crippen molar-refractivity contribution >= 4 is 22.9 Å². The summed E-state index contributed by atoms with van der Waals surface area (Å²) in [5.41, 5.74) is 11.2. The quantitative estimate of drug-likeness (QED) is 0.576. The Hall–Kier alpha value is -3.12. The van der Waals surface area contributed by atoms with Crippen LogP contribution in [0.1, 0.15) is 11.3 Å². The van der Waals surface area contributed by atoms with Crippen LogP contribution in [0.2, 0.25) is 0 Å². The molecular formula is C19H15N5S. The highest BCUT2D eigenvalue weighted by molar-refractivity contribution is 7.80. The molecule has 0 aliphatic heterocycles. The fraction of sp³-hybridized carbons (Fsp3) is 0.0526. The van der Waals surface area contributed by atoms with Crippen molar-refractivity contribution in [2.75, 3.05) is 0 Å². The molecule has 3 heterocycles. The van der Waals surface area contributed by atoms with E-state index in [9.17, 15) is 0 Å². The lowest BCUT2D eigenvalue weighted by Gasteiger charge is -2.11. The second-order valence-corrected chi connectivity index (χ2v) is 6.16. The van der Waals surface area contributed by atoms with Crippen LogP contribution in [0, 0.1) is 6.92 Å². The molecule has 0 saturated heterocycles. The van der Waals surface area contributed by atoms with Gasteiger partial charge in [0.25, 0.3) is 0 Å². The first-order valence-electron chi connectivity index (χ1n) is 7.81. The topological polar surface area (TPSA) is 69.1 Å². The summed E-state index contributed by atoms with van der Waals surface area (Å²) in [7, 11) is 0. The molecule has 4 rings (SSSR count). The first kappa shape index (κ1) is 15.4. The van der Waals surface area contributed by atoms with Crippen molar-refractivity contribution in [2.24, 2.45) is 5.73 Å².